The molecule has 0 aromatic heterocycles. The molecule has 1 aliphatic heterocycles. The largest absolute Gasteiger partial charge is 0.354 e. The molecule has 4 nitrogen and oxygen atoms in total. The summed E-state index contributed by atoms with van der Waals surface area (Å²) >= 11 is 0. The Hall–Kier alpha value is -0.610. The van der Waals surface area contributed by atoms with E-state index in [0.717, 1.165) is 17.3 Å². The van der Waals surface area contributed by atoms with Crippen LogP contribution in [-0.2, 0) is 0 Å². The quantitative estimate of drug-likeness (QED) is 0.452. The number of amidine groups is 1. The van der Waals surface area contributed by atoms with Gasteiger partial charge in [0.25, 0.3) is 0 Å². The van der Waals surface area contributed by atoms with Crippen molar-refractivity contribution in [2.45, 2.75) is 13.3 Å². The minimum Gasteiger partial charge on any atom is -0.354 e. The molecule has 0 saturated carbocycles. The summed E-state index contributed by atoms with van der Waals surface area (Å²) in [6.07, 6.45) is 0.961. The van der Waals surface area contributed by atoms with Crippen LogP contribution < -0.4 is 10.5 Å². The summed E-state index contributed by atoms with van der Waals surface area (Å²) < 4.78 is 0. The normalized spacial score (nSPS) is 27.2. The van der Waals surface area contributed by atoms with Gasteiger partial charge in [-0.1, -0.05) is 6.92 Å². The first-order valence-electron chi connectivity index (χ1n) is 2.71. The molecule has 0 saturated heterocycles. The fourth-order valence-electron chi connectivity index (χ4n) is 0.641. The highest BCUT2D eigenvalue weighted by Crippen LogP contribution is 1.81. The predicted molar refractivity (Wildman–Crippen MR) is 31.1 cm³/mol. The van der Waals surface area contributed by atoms with E-state index in [2.05, 4.69) is 23.1 Å². The smallest absolute Gasteiger partial charge is 0.208 e. The zero-order valence-electron chi connectivity index (χ0n) is 5.10. The van der Waals surface area contributed by atoms with Crippen LogP contribution in [0.5, 0.6) is 0 Å². The van der Waals surface area contributed by atoms with E-state index in [1.165, 1.54) is 0 Å². The highest BCUT2D eigenvalue weighted by molar-refractivity contribution is 5.73. The molecule has 1 atom stereocenters. The first kappa shape index (κ1) is 5.53. The van der Waals surface area contributed by atoms with Crippen molar-refractivity contribution in [1.29, 1.82) is 0 Å². The van der Waals surface area contributed by atoms with E-state index in [4.69, 9.17) is 0 Å². The molecule has 0 aromatic rings. The second-order valence-corrected chi connectivity index (χ2v) is 1.71. The number of hydrogen-bond acceptors (Lipinski definition) is 2. The zero-order chi connectivity index (χ0) is 5.98. The summed E-state index contributed by atoms with van der Waals surface area (Å²) in [5.74, 6) is 1.06. The highest BCUT2D eigenvalue weighted by Gasteiger charge is 2.05. The van der Waals surface area contributed by atoms with Gasteiger partial charge in [0.1, 0.15) is 0 Å². The number of quaternary nitrogens is 1. The Morgan fingerprint density at radius 3 is 2.88 bits per heavy atom. The summed E-state index contributed by atoms with van der Waals surface area (Å²) in [5.41, 5.74) is 6.40. The van der Waals surface area contributed by atoms with Crippen molar-refractivity contribution in [3.8, 4) is 0 Å². The molecule has 0 bridgehead atoms. The monoisotopic (exact) mass is 114 g/mol. The highest BCUT2D eigenvalue weighted by atomic mass is 15.8. The van der Waals surface area contributed by atoms with Gasteiger partial charge in [-0.2, -0.15) is 0 Å². The van der Waals surface area contributed by atoms with Gasteiger partial charge in [0, 0.05) is 6.42 Å². The molecule has 1 unspecified atom stereocenters. The first-order chi connectivity index (χ1) is 3.84. The predicted octanol–water partition coefficient (Wildman–Crippen LogP) is -0.968. The van der Waals surface area contributed by atoms with Crippen molar-refractivity contribution in [3.05, 3.63) is 5.53 Å². The molecule has 1 aliphatic rings. The number of hydrazone groups is 1. The number of hydrogen-bond donors (Lipinski definition) is 2. The Morgan fingerprint density at radius 2 is 2.62 bits per heavy atom. The van der Waals surface area contributed by atoms with Gasteiger partial charge in [0.15, 0.2) is 0 Å². The van der Waals surface area contributed by atoms with Crippen LogP contribution in [0.1, 0.15) is 13.3 Å². The zero-order valence-corrected chi connectivity index (χ0v) is 5.10. The Balaban J connectivity index is 2.49. The van der Waals surface area contributed by atoms with E-state index >= 15 is 0 Å². The molecule has 4 heteroatoms. The molecular formula is C4H10N4. The van der Waals surface area contributed by atoms with Crippen LogP contribution in [0.15, 0.2) is 5.10 Å². The van der Waals surface area contributed by atoms with Gasteiger partial charge in [0.05, 0.1) is 7.05 Å². The molecule has 1 heterocycles. The van der Waals surface area contributed by atoms with Gasteiger partial charge in [-0.05, 0) is 0 Å². The molecule has 46 valence electrons. The van der Waals surface area contributed by atoms with E-state index in [0.29, 0.717) is 0 Å². The Morgan fingerprint density at radius 1 is 1.88 bits per heavy atom. The summed E-state index contributed by atoms with van der Waals surface area (Å²) in [4.78, 5) is 0. The number of nitrogens with one attached hydrogen (secondary N) is 2. The summed E-state index contributed by atoms with van der Waals surface area (Å²) in [5, 5.41) is 4.91. The van der Waals surface area contributed by atoms with Crippen molar-refractivity contribution in [1.82, 2.24) is 5.53 Å². The van der Waals surface area contributed by atoms with Gasteiger partial charge >= 0.3 is 0 Å². The Bertz CT molecular complexity index is 109. The molecular weight excluding hydrogens is 104 g/mol. The third-order valence-corrected chi connectivity index (χ3v) is 1.16. The molecule has 0 radical (unpaired) electrons. The second kappa shape index (κ2) is 2.11. The van der Waals surface area contributed by atoms with Gasteiger partial charge in [-0.15, -0.1) is 5.10 Å². The molecule has 0 aliphatic carbocycles. The molecule has 8 heavy (non-hydrogen) atoms. The molecule has 0 spiro atoms. The number of rotatable bonds is 1. The van der Waals surface area contributed by atoms with Crippen molar-refractivity contribution in [2.24, 2.45) is 5.10 Å². The standard InChI is InChI=1S/C4H10N4/c1-3-4-5-6-7-8(4)2/h6,8H,3H2,1-2H3. The van der Waals surface area contributed by atoms with Crippen molar-refractivity contribution >= 4 is 5.84 Å². The van der Waals surface area contributed by atoms with Crippen LogP contribution in [0.3, 0.4) is 0 Å². The third-order valence-electron chi connectivity index (χ3n) is 1.16. The van der Waals surface area contributed by atoms with Crippen molar-refractivity contribution < 1.29 is 5.01 Å². The lowest BCUT2D eigenvalue weighted by Gasteiger charge is -2.15. The van der Waals surface area contributed by atoms with Crippen LogP contribution >= 0.6 is 0 Å². The minimum absolute atomic E-state index is 0.961. The van der Waals surface area contributed by atoms with Crippen molar-refractivity contribution in [3.63, 3.8) is 0 Å². The molecule has 2 N–H and O–H groups in total. The fourth-order valence-corrected chi connectivity index (χ4v) is 0.641. The maximum atomic E-state index is 3.90. The average molecular weight is 114 g/mol. The third kappa shape index (κ3) is 0.801. The lowest BCUT2D eigenvalue weighted by molar-refractivity contribution is -0.738. The minimum atomic E-state index is 0.961. The van der Waals surface area contributed by atoms with E-state index < -0.39 is 0 Å². The summed E-state index contributed by atoms with van der Waals surface area (Å²) in [7, 11) is 1.95. The lowest BCUT2D eigenvalue weighted by atomic mass is 10.4. The van der Waals surface area contributed by atoms with Crippen LogP contribution in [-0.4, -0.2) is 12.9 Å². The van der Waals surface area contributed by atoms with Gasteiger partial charge in [-0.3, -0.25) is 0 Å². The van der Waals surface area contributed by atoms with Crippen LogP contribution in [0, 0.1) is 0 Å². The van der Waals surface area contributed by atoms with Gasteiger partial charge < -0.3 is 16.1 Å². The van der Waals surface area contributed by atoms with Crippen molar-refractivity contribution in [2.75, 3.05) is 7.05 Å². The second-order valence-electron chi connectivity index (χ2n) is 1.71. The van der Waals surface area contributed by atoms with Crippen LogP contribution in [0.4, 0.5) is 0 Å². The first-order valence-corrected chi connectivity index (χ1v) is 2.71. The average Bonchev–Trinajstić information content (AvgIpc) is 2.14. The summed E-state index contributed by atoms with van der Waals surface area (Å²) in [6, 6.07) is 0. The van der Waals surface area contributed by atoms with Gasteiger partial charge in [0.2, 0.25) is 5.84 Å². The van der Waals surface area contributed by atoms with Crippen LogP contribution in [0.25, 0.3) is 5.53 Å². The molecule has 0 amide bonds. The van der Waals surface area contributed by atoms with Gasteiger partial charge in [-0.25, -0.2) is 0 Å². The summed E-state index contributed by atoms with van der Waals surface area (Å²) in [6.45, 7) is 2.06. The lowest BCUT2D eigenvalue weighted by Crippen LogP contribution is -3.06. The topological polar surface area (TPSA) is 42.9 Å². The SMILES string of the molecule is CCC1=NN[N-][NH+]1C. The maximum Gasteiger partial charge on any atom is 0.208 e. The fraction of sp³-hybridized carbons (Fsp3) is 0.750. The molecule has 0 aromatic carbocycles. The number of nitrogens with zero attached hydrogens (tertiary/aromatic N) is 2. The Kier molecular flexibility index (Phi) is 1.45. The van der Waals surface area contributed by atoms with E-state index in [-0.39, 0.29) is 0 Å². The molecule has 1 rings (SSSR count). The van der Waals surface area contributed by atoms with E-state index in [1.807, 2.05) is 7.05 Å². The Labute approximate surface area is 48.5 Å². The van der Waals surface area contributed by atoms with E-state index in [1.54, 1.807) is 0 Å². The maximum absolute atomic E-state index is 3.90. The van der Waals surface area contributed by atoms with Crippen LogP contribution in [0.2, 0.25) is 0 Å². The van der Waals surface area contributed by atoms with E-state index in [9.17, 15) is 0 Å². The molecule has 0 fully saturated rings.